The molecule has 0 unspecified atom stereocenters. The van der Waals surface area contributed by atoms with Gasteiger partial charge in [-0.25, -0.2) is 4.98 Å². The first-order valence-corrected chi connectivity index (χ1v) is 12.5. The summed E-state index contributed by atoms with van der Waals surface area (Å²) in [4.78, 5) is 48.1. The highest BCUT2D eigenvalue weighted by atomic mass is 32.2. The number of thioether (sulfide) groups is 1. The predicted molar refractivity (Wildman–Crippen MR) is 131 cm³/mol. The van der Waals surface area contributed by atoms with Gasteiger partial charge in [0.1, 0.15) is 4.83 Å². The van der Waals surface area contributed by atoms with Gasteiger partial charge >= 0.3 is 0 Å². The molecule has 168 valence electrons. The van der Waals surface area contributed by atoms with Crippen LogP contribution in [0.2, 0.25) is 0 Å². The Labute approximate surface area is 195 Å². The van der Waals surface area contributed by atoms with Gasteiger partial charge in [-0.1, -0.05) is 24.8 Å². The third kappa shape index (κ3) is 3.90. The number of thiophene rings is 1. The number of hydrogen-bond donors (Lipinski definition) is 1. The number of carbonyl (C=O) groups is 2. The number of rotatable bonds is 7. The molecule has 0 fully saturated rings. The molecule has 0 aliphatic heterocycles. The van der Waals surface area contributed by atoms with E-state index in [2.05, 4.69) is 18.5 Å². The smallest absolute Gasteiger partial charge is 0.263 e. The first-order valence-electron chi connectivity index (χ1n) is 10.7. The second-order valence-electron chi connectivity index (χ2n) is 8.52. The molecule has 1 N–H and O–H groups in total. The fourth-order valence-corrected chi connectivity index (χ4v) is 6.87. The largest absolute Gasteiger partial charge is 0.355 e. The maximum Gasteiger partial charge on any atom is 0.263 e. The second kappa shape index (κ2) is 8.83. The number of Topliss-reactive ketones (excluding diaryl/α,β-unsaturated/α-hetero) is 2. The average molecular weight is 470 g/mol. The molecule has 4 rings (SSSR count). The number of allylic oxidation sites excluding steroid dienone is 1. The molecule has 0 radical (unpaired) electrons. The first kappa shape index (κ1) is 22.7. The Balaban J connectivity index is 1.69. The summed E-state index contributed by atoms with van der Waals surface area (Å²) in [5, 5.41) is 1.26. The maximum absolute atomic E-state index is 13.4. The van der Waals surface area contributed by atoms with E-state index in [0.29, 0.717) is 40.1 Å². The lowest BCUT2D eigenvalue weighted by molar-refractivity contribution is 0.101. The van der Waals surface area contributed by atoms with E-state index in [1.54, 1.807) is 35.8 Å². The summed E-state index contributed by atoms with van der Waals surface area (Å²) in [6.07, 6.45) is 4.67. The summed E-state index contributed by atoms with van der Waals surface area (Å²) in [6.45, 7) is 11.5. The standard InChI is InChI=1S/C24H27N3O3S2/c1-6-9-27-23(30)20-16-8-7-12(2)10-18(16)32-22(20)26-24(27)31-11-17(29)21-13(3)19(15(5)28)14(4)25-21/h6,12,25H,1,7-11H2,2-5H3/t12-/m1/s1. The highest BCUT2D eigenvalue weighted by Crippen LogP contribution is 2.36. The number of fused-ring (bicyclic) bond motifs is 3. The fourth-order valence-electron chi connectivity index (χ4n) is 4.56. The first-order chi connectivity index (χ1) is 15.2. The topological polar surface area (TPSA) is 84.8 Å². The molecule has 0 spiro atoms. The summed E-state index contributed by atoms with van der Waals surface area (Å²) in [7, 11) is 0. The van der Waals surface area contributed by atoms with Crippen molar-refractivity contribution in [2.24, 2.45) is 5.92 Å². The molecule has 0 amide bonds. The molecule has 3 aromatic rings. The number of H-pyrrole nitrogens is 1. The summed E-state index contributed by atoms with van der Waals surface area (Å²) in [6, 6.07) is 0. The number of nitrogens with one attached hydrogen (secondary N) is 1. The lowest BCUT2D eigenvalue weighted by Gasteiger charge is -2.17. The van der Waals surface area contributed by atoms with Crippen LogP contribution in [0.5, 0.6) is 0 Å². The molecule has 1 aliphatic rings. The van der Waals surface area contributed by atoms with Gasteiger partial charge in [0.25, 0.3) is 5.56 Å². The Morgan fingerprint density at radius 2 is 2.12 bits per heavy atom. The van der Waals surface area contributed by atoms with Crippen LogP contribution in [0.3, 0.4) is 0 Å². The van der Waals surface area contributed by atoms with Crippen LogP contribution in [-0.4, -0.2) is 31.9 Å². The van der Waals surface area contributed by atoms with Crippen LogP contribution in [0.25, 0.3) is 10.2 Å². The molecule has 0 saturated carbocycles. The molecule has 6 nitrogen and oxygen atoms in total. The van der Waals surface area contributed by atoms with Gasteiger partial charge in [-0.2, -0.15) is 0 Å². The summed E-state index contributed by atoms with van der Waals surface area (Å²) in [5.41, 5.74) is 3.49. The molecular weight excluding hydrogens is 442 g/mol. The van der Waals surface area contributed by atoms with Crippen molar-refractivity contribution in [1.29, 1.82) is 0 Å². The number of hydrogen-bond acceptors (Lipinski definition) is 6. The number of aryl methyl sites for hydroxylation is 2. The van der Waals surface area contributed by atoms with Crippen LogP contribution in [0.4, 0.5) is 0 Å². The molecule has 0 aromatic carbocycles. The second-order valence-corrected chi connectivity index (χ2v) is 10.5. The van der Waals surface area contributed by atoms with Gasteiger partial charge < -0.3 is 4.98 Å². The van der Waals surface area contributed by atoms with Crippen LogP contribution in [0.15, 0.2) is 22.6 Å². The third-order valence-electron chi connectivity index (χ3n) is 6.09. The van der Waals surface area contributed by atoms with Crippen LogP contribution in [-0.2, 0) is 19.4 Å². The van der Waals surface area contributed by atoms with Gasteiger partial charge in [0.15, 0.2) is 16.7 Å². The van der Waals surface area contributed by atoms with Crippen molar-refractivity contribution < 1.29 is 9.59 Å². The van der Waals surface area contributed by atoms with E-state index < -0.39 is 0 Å². The van der Waals surface area contributed by atoms with E-state index in [1.807, 2.05) is 0 Å². The lowest BCUT2D eigenvalue weighted by atomic mass is 9.89. The van der Waals surface area contributed by atoms with Crippen molar-refractivity contribution in [3.63, 3.8) is 0 Å². The highest BCUT2D eigenvalue weighted by molar-refractivity contribution is 7.99. The van der Waals surface area contributed by atoms with Crippen molar-refractivity contribution in [3.05, 3.63) is 56.0 Å². The Hall–Kier alpha value is -2.45. The molecule has 1 aliphatic carbocycles. The van der Waals surface area contributed by atoms with E-state index in [0.717, 1.165) is 35.0 Å². The van der Waals surface area contributed by atoms with Gasteiger partial charge in [-0.3, -0.25) is 19.0 Å². The zero-order valence-electron chi connectivity index (χ0n) is 18.8. The minimum atomic E-state index is -0.123. The minimum absolute atomic E-state index is 0.0531. The predicted octanol–water partition coefficient (Wildman–Crippen LogP) is 4.89. The average Bonchev–Trinajstić information content (AvgIpc) is 3.24. The summed E-state index contributed by atoms with van der Waals surface area (Å²) < 4.78 is 1.62. The zero-order chi connectivity index (χ0) is 23.2. The Morgan fingerprint density at radius 1 is 1.38 bits per heavy atom. The summed E-state index contributed by atoms with van der Waals surface area (Å²) in [5.74, 6) is 0.549. The third-order valence-corrected chi connectivity index (χ3v) is 8.22. The van der Waals surface area contributed by atoms with Crippen LogP contribution in [0, 0.1) is 19.8 Å². The monoisotopic (exact) mass is 469 g/mol. The zero-order valence-corrected chi connectivity index (χ0v) is 20.5. The fraction of sp³-hybridized carbons (Fsp3) is 0.417. The quantitative estimate of drug-likeness (QED) is 0.230. The van der Waals surface area contributed by atoms with Crippen molar-refractivity contribution in [3.8, 4) is 0 Å². The Morgan fingerprint density at radius 3 is 2.78 bits per heavy atom. The van der Waals surface area contributed by atoms with E-state index in [4.69, 9.17) is 4.98 Å². The van der Waals surface area contributed by atoms with Crippen LogP contribution < -0.4 is 5.56 Å². The number of carbonyl (C=O) groups excluding carboxylic acids is 2. The SMILES string of the molecule is C=CCn1c(SCC(=O)c2[nH]c(C)c(C(C)=O)c2C)nc2sc3c(c2c1=O)CC[C@@H](C)C3. The number of nitrogens with zero attached hydrogens (tertiary/aromatic N) is 2. The van der Waals surface area contributed by atoms with E-state index in [1.165, 1.54) is 23.6 Å². The Bertz CT molecular complexity index is 1310. The molecule has 1 atom stereocenters. The maximum atomic E-state index is 13.4. The number of ketones is 2. The van der Waals surface area contributed by atoms with Crippen molar-refractivity contribution >= 4 is 44.9 Å². The normalized spacial score (nSPS) is 15.7. The van der Waals surface area contributed by atoms with E-state index in [9.17, 15) is 14.4 Å². The van der Waals surface area contributed by atoms with Crippen molar-refractivity contribution in [2.75, 3.05) is 5.75 Å². The minimum Gasteiger partial charge on any atom is -0.355 e. The van der Waals surface area contributed by atoms with Crippen LogP contribution >= 0.6 is 23.1 Å². The van der Waals surface area contributed by atoms with Gasteiger partial charge in [0, 0.05) is 22.7 Å². The van der Waals surface area contributed by atoms with Gasteiger partial charge in [0.2, 0.25) is 0 Å². The molecule has 3 aromatic heterocycles. The molecular formula is C24H27N3O3S2. The molecule has 8 heteroatoms. The molecule has 3 heterocycles. The highest BCUT2D eigenvalue weighted by Gasteiger charge is 2.25. The van der Waals surface area contributed by atoms with E-state index in [-0.39, 0.29) is 22.9 Å². The number of aromatic nitrogens is 3. The van der Waals surface area contributed by atoms with Gasteiger partial charge in [-0.15, -0.1) is 17.9 Å². The van der Waals surface area contributed by atoms with Gasteiger partial charge in [-0.05, 0) is 57.1 Å². The molecule has 32 heavy (non-hydrogen) atoms. The van der Waals surface area contributed by atoms with Crippen molar-refractivity contribution in [1.82, 2.24) is 14.5 Å². The lowest BCUT2D eigenvalue weighted by Crippen LogP contribution is -2.24. The van der Waals surface area contributed by atoms with Gasteiger partial charge in [0.05, 0.1) is 16.8 Å². The number of aromatic amines is 1. The Kier molecular flexibility index (Phi) is 6.27. The van der Waals surface area contributed by atoms with Crippen LogP contribution in [0.1, 0.15) is 62.8 Å². The van der Waals surface area contributed by atoms with E-state index >= 15 is 0 Å². The molecule has 0 saturated heterocycles. The van der Waals surface area contributed by atoms with Crippen molar-refractivity contribution in [2.45, 2.75) is 58.7 Å². The summed E-state index contributed by atoms with van der Waals surface area (Å²) >= 11 is 2.86. The molecule has 0 bridgehead atoms.